The highest BCUT2D eigenvalue weighted by atomic mass is 19.1. The average molecular weight is 464 g/mol. The van der Waals surface area contributed by atoms with Gasteiger partial charge in [-0.25, -0.2) is 13.5 Å². The van der Waals surface area contributed by atoms with Crippen LogP contribution in [0.25, 0.3) is 0 Å². The number of ether oxygens (including phenoxy) is 1. The minimum absolute atomic E-state index is 0.0282. The van der Waals surface area contributed by atoms with Crippen LogP contribution >= 0.6 is 0 Å². The summed E-state index contributed by atoms with van der Waals surface area (Å²) in [7, 11) is 1.44. The van der Waals surface area contributed by atoms with E-state index in [9.17, 15) is 33.4 Å². The largest absolute Gasteiger partial charge is 0.502 e. The van der Waals surface area contributed by atoms with Crippen LogP contribution in [0.15, 0.2) is 23.0 Å². The van der Waals surface area contributed by atoms with Crippen molar-refractivity contribution in [2.24, 2.45) is 0 Å². The van der Waals surface area contributed by atoms with Crippen molar-refractivity contribution in [2.75, 3.05) is 31.8 Å². The maximum Gasteiger partial charge on any atom is 0.278 e. The van der Waals surface area contributed by atoms with Gasteiger partial charge in [-0.15, -0.1) is 0 Å². The summed E-state index contributed by atoms with van der Waals surface area (Å²) in [5.41, 5.74) is -2.25. The van der Waals surface area contributed by atoms with Crippen LogP contribution in [0.1, 0.15) is 45.1 Å². The first-order chi connectivity index (χ1) is 15.7. The molecule has 0 radical (unpaired) electrons. The van der Waals surface area contributed by atoms with E-state index in [0.29, 0.717) is 6.07 Å². The Morgan fingerprint density at radius 1 is 1.30 bits per heavy atom. The molecule has 0 spiro atoms. The van der Waals surface area contributed by atoms with Crippen molar-refractivity contribution < 1.29 is 33.3 Å². The number of aliphatic hydroxyl groups excluding tert-OH is 1. The van der Waals surface area contributed by atoms with Gasteiger partial charge in [0.1, 0.15) is 29.5 Å². The third-order valence-corrected chi connectivity index (χ3v) is 5.80. The number of pyridine rings is 1. The fourth-order valence-corrected chi connectivity index (χ4v) is 4.30. The van der Waals surface area contributed by atoms with Crippen molar-refractivity contribution in [2.45, 2.75) is 25.7 Å². The summed E-state index contributed by atoms with van der Waals surface area (Å²) in [6.07, 6.45) is -1.98. The number of aliphatic hydroxyl groups is 1. The molecule has 2 aromatic rings. The molecule has 2 unspecified atom stereocenters. The Labute approximate surface area is 186 Å². The molecule has 2 amide bonds. The molecule has 10 nitrogen and oxygen atoms in total. The molecule has 1 aromatic heterocycles. The van der Waals surface area contributed by atoms with Gasteiger partial charge in [-0.1, -0.05) is 6.07 Å². The molecule has 0 bridgehead atoms. The second-order valence-corrected chi connectivity index (χ2v) is 7.68. The molecule has 0 saturated heterocycles. The van der Waals surface area contributed by atoms with E-state index in [1.54, 1.807) is 11.9 Å². The zero-order valence-electron chi connectivity index (χ0n) is 17.8. The number of nitrogens with one attached hydrogen (secondary N) is 1. The number of carbonyl (C=O) groups excluding carboxylic acids is 2. The zero-order chi connectivity index (χ0) is 24.0. The third kappa shape index (κ3) is 3.51. The van der Waals surface area contributed by atoms with Gasteiger partial charge in [-0.05, 0) is 13.0 Å². The molecule has 0 aliphatic carbocycles. The highest BCUT2D eigenvalue weighted by molar-refractivity contribution is 6.01. The molecule has 33 heavy (non-hydrogen) atoms. The monoisotopic (exact) mass is 464 g/mol. The summed E-state index contributed by atoms with van der Waals surface area (Å²) in [5.74, 6) is -4.24. The lowest BCUT2D eigenvalue weighted by molar-refractivity contribution is 0.0399. The van der Waals surface area contributed by atoms with Crippen LogP contribution in [-0.4, -0.2) is 64.6 Å². The predicted octanol–water partition coefficient (Wildman–Crippen LogP) is 0.195. The Kier molecular flexibility index (Phi) is 5.80. The van der Waals surface area contributed by atoms with Crippen molar-refractivity contribution in [1.82, 2.24) is 14.9 Å². The number of benzene rings is 1. The summed E-state index contributed by atoms with van der Waals surface area (Å²) < 4.78 is 33.4. The van der Waals surface area contributed by atoms with E-state index in [1.165, 1.54) is 16.7 Å². The summed E-state index contributed by atoms with van der Waals surface area (Å²) in [6, 6.07) is 2.82. The van der Waals surface area contributed by atoms with E-state index in [-0.39, 0.29) is 43.2 Å². The Bertz CT molecular complexity index is 1200. The standard InChI is InChI=1S/C21H22F2N4O6/c1-3-25-14(9-33-2)26-8-13(28)16-15(18(29)19(30)17(21(25)32)27(16)26)20(31)24-7-10-4-5-11(22)6-12(10)23/h4-6,13-14,28,30H,3,7-9H2,1-2H3,(H,24,31). The number of aromatic hydroxyl groups is 1. The minimum Gasteiger partial charge on any atom is -0.502 e. The van der Waals surface area contributed by atoms with Crippen LogP contribution in [0.3, 0.4) is 0 Å². The molecular weight excluding hydrogens is 442 g/mol. The van der Waals surface area contributed by atoms with Gasteiger partial charge in [0, 0.05) is 31.8 Å². The molecule has 0 saturated carbocycles. The second-order valence-electron chi connectivity index (χ2n) is 7.68. The first kappa shape index (κ1) is 22.7. The van der Waals surface area contributed by atoms with Crippen molar-refractivity contribution in [3.8, 4) is 5.75 Å². The number of halogens is 2. The fourth-order valence-electron chi connectivity index (χ4n) is 4.30. The summed E-state index contributed by atoms with van der Waals surface area (Å²) >= 11 is 0. The van der Waals surface area contributed by atoms with Crippen LogP contribution in [-0.2, 0) is 11.3 Å². The topological polar surface area (TPSA) is 124 Å². The summed E-state index contributed by atoms with van der Waals surface area (Å²) in [4.78, 5) is 40.3. The summed E-state index contributed by atoms with van der Waals surface area (Å²) in [5, 5.41) is 25.2. The number of aromatic nitrogens is 1. The number of carbonyl (C=O) groups is 2. The van der Waals surface area contributed by atoms with Crippen molar-refractivity contribution >= 4 is 11.8 Å². The smallest absolute Gasteiger partial charge is 0.278 e. The molecule has 4 rings (SSSR count). The van der Waals surface area contributed by atoms with Crippen LogP contribution in [0, 0.1) is 11.6 Å². The molecular formula is C21H22F2N4O6. The fraction of sp³-hybridized carbons (Fsp3) is 0.381. The van der Waals surface area contributed by atoms with E-state index < -0.39 is 52.5 Å². The van der Waals surface area contributed by atoms with Crippen LogP contribution < -0.4 is 15.8 Å². The normalized spacial score (nSPS) is 19.1. The Hall–Kier alpha value is -3.51. The quantitative estimate of drug-likeness (QED) is 0.558. The van der Waals surface area contributed by atoms with Gasteiger partial charge >= 0.3 is 0 Å². The number of likely N-dealkylation sites (N-methyl/N-ethyl adjacent to an activating group) is 1. The molecule has 2 aliphatic heterocycles. The van der Waals surface area contributed by atoms with Crippen molar-refractivity contribution in [1.29, 1.82) is 0 Å². The number of nitrogens with zero attached hydrogens (tertiary/aromatic N) is 3. The molecule has 1 aromatic carbocycles. The third-order valence-electron chi connectivity index (χ3n) is 5.80. The first-order valence-corrected chi connectivity index (χ1v) is 10.2. The average Bonchev–Trinajstić information content (AvgIpc) is 3.10. The number of hydrogen-bond donors (Lipinski definition) is 3. The van der Waals surface area contributed by atoms with E-state index in [2.05, 4.69) is 5.32 Å². The SMILES string of the molecule is CCN1C(=O)c2c(O)c(=O)c(C(=O)NCc3ccc(F)cc3F)c3n2N(CC3O)C1COC. The van der Waals surface area contributed by atoms with Gasteiger partial charge < -0.3 is 25.2 Å². The molecule has 12 heteroatoms. The van der Waals surface area contributed by atoms with Gasteiger partial charge in [0.15, 0.2) is 11.4 Å². The predicted molar refractivity (Wildman–Crippen MR) is 110 cm³/mol. The van der Waals surface area contributed by atoms with Crippen LogP contribution in [0.2, 0.25) is 0 Å². The highest BCUT2D eigenvalue weighted by Gasteiger charge is 2.47. The summed E-state index contributed by atoms with van der Waals surface area (Å²) in [6.45, 7) is 1.59. The second kappa shape index (κ2) is 8.45. The van der Waals surface area contributed by atoms with E-state index >= 15 is 0 Å². The van der Waals surface area contributed by atoms with Gasteiger partial charge in [-0.3, -0.25) is 19.4 Å². The van der Waals surface area contributed by atoms with Crippen molar-refractivity contribution in [3.05, 3.63) is 62.6 Å². The highest BCUT2D eigenvalue weighted by Crippen LogP contribution is 2.35. The Balaban J connectivity index is 1.79. The molecule has 2 atom stereocenters. The molecule has 2 aliphatic rings. The van der Waals surface area contributed by atoms with E-state index in [4.69, 9.17) is 4.74 Å². The molecule has 0 fully saturated rings. The van der Waals surface area contributed by atoms with Gasteiger partial charge in [0.25, 0.3) is 11.8 Å². The van der Waals surface area contributed by atoms with E-state index in [1.807, 2.05) is 0 Å². The Morgan fingerprint density at radius 3 is 2.67 bits per heavy atom. The zero-order valence-corrected chi connectivity index (χ0v) is 17.8. The van der Waals surface area contributed by atoms with Gasteiger partial charge in [-0.2, -0.15) is 0 Å². The lowest BCUT2D eigenvalue weighted by Gasteiger charge is -2.43. The van der Waals surface area contributed by atoms with Crippen LogP contribution in [0.5, 0.6) is 5.75 Å². The Morgan fingerprint density at radius 2 is 2.03 bits per heavy atom. The molecule has 176 valence electrons. The number of methoxy groups -OCH3 is 1. The maximum absolute atomic E-state index is 13.9. The first-order valence-electron chi connectivity index (χ1n) is 10.2. The molecule has 3 N–H and O–H groups in total. The van der Waals surface area contributed by atoms with E-state index in [0.717, 1.165) is 12.1 Å². The lowest BCUT2D eigenvalue weighted by atomic mass is 10.1. The van der Waals surface area contributed by atoms with Crippen molar-refractivity contribution in [3.63, 3.8) is 0 Å². The molecule has 3 heterocycles. The van der Waals surface area contributed by atoms with Crippen LogP contribution in [0.4, 0.5) is 8.78 Å². The maximum atomic E-state index is 13.9. The lowest BCUT2D eigenvalue weighted by Crippen LogP contribution is -2.62. The minimum atomic E-state index is -1.33. The van der Waals surface area contributed by atoms with Gasteiger partial charge in [0.2, 0.25) is 5.43 Å². The number of rotatable bonds is 6. The number of amides is 2. The van der Waals surface area contributed by atoms with Gasteiger partial charge in [0.05, 0.1) is 18.8 Å². The number of hydrogen-bond acceptors (Lipinski definition) is 7.